The molecule has 0 unspecified atom stereocenters. The summed E-state index contributed by atoms with van der Waals surface area (Å²) in [7, 11) is -4.90. The van der Waals surface area contributed by atoms with Gasteiger partial charge in [-0.1, -0.05) is 71.8 Å². The fraction of sp³-hybridized carbons (Fsp3) is 0.105. The third-order valence-corrected chi connectivity index (χ3v) is 12.0. The highest BCUT2D eigenvalue weighted by atomic mass is 32.2. The molecule has 0 aliphatic heterocycles. The smallest absolute Gasteiger partial charge is 0.268 e. The van der Waals surface area contributed by atoms with Crippen molar-refractivity contribution in [2.45, 2.75) is 23.6 Å². The van der Waals surface area contributed by atoms with Crippen molar-refractivity contribution in [2.75, 3.05) is 14.2 Å². The molecule has 0 radical (unpaired) electrons. The van der Waals surface area contributed by atoms with Gasteiger partial charge in [-0.05, 0) is 73.5 Å². The van der Waals surface area contributed by atoms with Crippen LogP contribution in [0.3, 0.4) is 0 Å². The molecule has 0 aliphatic rings. The predicted octanol–water partition coefficient (Wildman–Crippen LogP) is 8.04. The molecule has 5 aromatic carbocycles. The number of fused-ring (bicyclic) bond motifs is 2. The molecule has 8 nitrogen and oxygen atoms in total. The van der Waals surface area contributed by atoms with Crippen molar-refractivity contribution < 1.29 is 26.3 Å². The Morgan fingerprint density at radius 2 is 0.833 bits per heavy atom. The molecule has 10 heteroatoms. The number of ether oxygens (including phenoxy) is 2. The van der Waals surface area contributed by atoms with E-state index in [1.54, 1.807) is 97.3 Å². The van der Waals surface area contributed by atoms with Crippen molar-refractivity contribution in [1.82, 2.24) is 7.94 Å². The van der Waals surface area contributed by atoms with Crippen LogP contribution in [0, 0.1) is 13.8 Å². The second-order valence-electron chi connectivity index (χ2n) is 11.6. The zero-order chi connectivity index (χ0) is 33.8. The molecule has 48 heavy (non-hydrogen) atoms. The molecule has 0 N–H and O–H groups in total. The van der Waals surface area contributed by atoms with E-state index in [4.69, 9.17) is 9.47 Å². The minimum Gasteiger partial charge on any atom is -0.493 e. The molecule has 0 fully saturated rings. The highest BCUT2D eigenvalue weighted by Gasteiger charge is 2.27. The van der Waals surface area contributed by atoms with Gasteiger partial charge < -0.3 is 9.47 Å². The molecule has 7 aromatic rings. The topological polar surface area (TPSA) is 96.6 Å². The number of rotatable bonds is 8. The normalized spacial score (nSPS) is 12.1. The predicted molar refractivity (Wildman–Crippen MR) is 189 cm³/mol. The van der Waals surface area contributed by atoms with Crippen molar-refractivity contribution in [3.8, 4) is 33.8 Å². The van der Waals surface area contributed by atoms with E-state index < -0.39 is 20.0 Å². The van der Waals surface area contributed by atoms with Crippen LogP contribution in [0.15, 0.2) is 131 Å². The fourth-order valence-corrected chi connectivity index (χ4v) is 8.84. The van der Waals surface area contributed by atoms with Gasteiger partial charge in [0.15, 0.2) is 11.5 Å². The first kappa shape index (κ1) is 31.3. The van der Waals surface area contributed by atoms with E-state index in [0.29, 0.717) is 55.6 Å². The number of hydrogen-bond donors (Lipinski definition) is 0. The summed E-state index contributed by atoms with van der Waals surface area (Å²) >= 11 is 0. The maximum atomic E-state index is 14.1. The van der Waals surface area contributed by atoms with Gasteiger partial charge in [-0.25, -0.2) is 24.8 Å². The van der Waals surface area contributed by atoms with Gasteiger partial charge in [-0.2, -0.15) is 0 Å². The van der Waals surface area contributed by atoms with Crippen LogP contribution >= 0.6 is 0 Å². The molecule has 242 valence electrons. The Hall–Kier alpha value is -5.32. The molecule has 0 amide bonds. The lowest BCUT2D eigenvalue weighted by Gasteiger charge is -2.15. The Morgan fingerprint density at radius 3 is 1.19 bits per heavy atom. The quantitative estimate of drug-likeness (QED) is 0.162. The lowest BCUT2D eigenvalue weighted by Crippen LogP contribution is -2.11. The van der Waals surface area contributed by atoms with Crippen LogP contribution in [0.5, 0.6) is 11.5 Å². The highest BCUT2D eigenvalue weighted by Crippen LogP contribution is 2.46. The average molecular weight is 677 g/mol. The third-order valence-electron chi connectivity index (χ3n) is 8.62. The monoisotopic (exact) mass is 676 g/mol. The van der Waals surface area contributed by atoms with Gasteiger partial charge >= 0.3 is 0 Å². The number of hydrogen-bond acceptors (Lipinski definition) is 6. The van der Waals surface area contributed by atoms with E-state index in [1.807, 2.05) is 38.1 Å². The van der Waals surface area contributed by atoms with Gasteiger partial charge in [-0.3, -0.25) is 0 Å². The van der Waals surface area contributed by atoms with Gasteiger partial charge in [0, 0.05) is 34.3 Å². The van der Waals surface area contributed by atoms with E-state index in [9.17, 15) is 16.8 Å². The maximum absolute atomic E-state index is 14.1. The largest absolute Gasteiger partial charge is 0.493 e. The molecule has 0 bridgehead atoms. The summed E-state index contributed by atoms with van der Waals surface area (Å²) in [5.74, 6) is 0.871. The van der Waals surface area contributed by atoms with E-state index in [-0.39, 0.29) is 9.79 Å². The van der Waals surface area contributed by atoms with Gasteiger partial charge in [-0.15, -0.1) is 0 Å². The molecule has 0 saturated heterocycles. The summed E-state index contributed by atoms with van der Waals surface area (Å²) in [5, 5.41) is 1.38. The highest BCUT2D eigenvalue weighted by molar-refractivity contribution is 7.90. The van der Waals surface area contributed by atoms with Gasteiger partial charge in [0.1, 0.15) is 0 Å². The molecule has 0 spiro atoms. The molecule has 2 heterocycles. The van der Waals surface area contributed by atoms with Gasteiger partial charge in [0.05, 0.1) is 35.0 Å². The minimum absolute atomic E-state index is 0.164. The van der Waals surface area contributed by atoms with Crippen molar-refractivity contribution in [1.29, 1.82) is 0 Å². The SMILES string of the molecule is COc1cc(-c2cn(S(=O)(=O)c3ccc(C)cc3)c3ccccc23)c(-c2cn(S(=O)(=O)c3ccc(C)cc3)c3ccccc23)cc1OC. The summed E-state index contributed by atoms with van der Waals surface area (Å²) in [6, 6.07) is 31.7. The average Bonchev–Trinajstić information content (AvgIpc) is 3.68. The van der Waals surface area contributed by atoms with Crippen LogP contribution in [0.4, 0.5) is 0 Å². The fourth-order valence-electron chi connectivity index (χ4n) is 6.10. The number of nitrogens with zero attached hydrogens (tertiary/aromatic N) is 2. The number of benzene rings is 5. The molecule has 0 saturated carbocycles. The summed E-state index contributed by atoms with van der Waals surface area (Å²) < 4.78 is 70.3. The van der Waals surface area contributed by atoms with E-state index >= 15 is 0 Å². The lowest BCUT2D eigenvalue weighted by molar-refractivity contribution is 0.355. The van der Waals surface area contributed by atoms with Gasteiger partial charge in [0.2, 0.25) is 0 Å². The Balaban J connectivity index is 1.53. The zero-order valence-electron chi connectivity index (χ0n) is 26.7. The summed E-state index contributed by atoms with van der Waals surface area (Å²) in [6.45, 7) is 3.81. The molecular formula is C38H32N2O6S2. The number of methoxy groups -OCH3 is 2. The number of aryl methyl sites for hydroxylation is 2. The molecule has 7 rings (SSSR count). The van der Waals surface area contributed by atoms with Crippen molar-refractivity contribution in [3.05, 3.63) is 133 Å². The Kier molecular flexibility index (Phi) is 7.65. The summed E-state index contributed by atoms with van der Waals surface area (Å²) in [4.78, 5) is 0.328. The minimum atomic E-state index is -3.98. The number of para-hydroxylation sites is 2. The zero-order valence-corrected chi connectivity index (χ0v) is 28.3. The second kappa shape index (κ2) is 11.7. The van der Waals surface area contributed by atoms with Crippen LogP contribution in [0.1, 0.15) is 11.1 Å². The van der Waals surface area contributed by atoms with Crippen LogP contribution in [0.2, 0.25) is 0 Å². The van der Waals surface area contributed by atoms with Crippen molar-refractivity contribution in [2.24, 2.45) is 0 Å². The number of aromatic nitrogens is 2. The van der Waals surface area contributed by atoms with E-state index in [2.05, 4.69) is 0 Å². The standard InChI is InChI=1S/C38H32N2O6S2/c1-25-13-17-27(18-14-25)47(41,42)39-23-33(29-9-5-7-11-35(29)39)31-21-37(45-3)38(46-4)22-32(31)34-24-40(36-12-8-6-10-30(34)36)48(43,44)28-19-15-26(2)16-20-28/h5-24H,1-4H3. The summed E-state index contributed by atoms with van der Waals surface area (Å²) in [6.07, 6.45) is 3.24. The lowest BCUT2D eigenvalue weighted by atomic mass is 9.93. The van der Waals surface area contributed by atoms with Crippen molar-refractivity contribution >= 4 is 41.9 Å². The van der Waals surface area contributed by atoms with Crippen molar-refractivity contribution in [3.63, 3.8) is 0 Å². The van der Waals surface area contributed by atoms with Crippen LogP contribution in [0.25, 0.3) is 44.1 Å². The van der Waals surface area contributed by atoms with Crippen LogP contribution < -0.4 is 9.47 Å². The molecule has 2 aromatic heterocycles. The first-order valence-corrected chi connectivity index (χ1v) is 18.0. The van der Waals surface area contributed by atoms with Crippen LogP contribution in [-0.4, -0.2) is 39.0 Å². The molecular weight excluding hydrogens is 645 g/mol. The Bertz CT molecular complexity index is 2380. The van der Waals surface area contributed by atoms with Crippen LogP contribution in [-0.2, 0) is 20.0 Å². The Labute approximate surface area is 279 Å². The molecule has 0 aliphatic carbocycles. The maximum Gasteiger partial charge on any atom is 0.268 e. The van der Waals surface area contributed by atoms with E-state index in [0.717, 1.165) is 11.1 Å². The third kappa shape index (κ3) is 5.04. The Morgan fingerprint density at radius 1 is 0.479 bits per heavy atom. The summed E-state index contributed by atoms with van der Waals surface area (Å²) in [5.41, 5.74) is 5.41. The first-order valence-electron chi connectivity index (χ1n) is 15.2. The molecule has 0 atom stereocenters. The van der Waals surface area contributed by atoms with E-state index in [1.165, 1.54) is 22.2 Å². The van der Waals surface area contributed by atoms with Gasteiger partial charge in [0.25, 0.3) is 20.0 Å². The first-order chi connectivity index (χ1) is 23.0. The second-order valence-corrected chi connectivity index (χ2v) is 15.2.